The monoisotopic (exact) mass is 279 g/mol. The van der Waals surface area contributed by atoms with Crippen LogP contribution in [-0.2, 0) is 11.3 Å². The van der Waals surface area contributed by atoms with Crippen molar-refractivity contribution in [2.45, 2.75) is 32.5 Å². The van der Waals surface area contributed by atoms with E-state index in [1.165, 1.54) is 5.56 Å². The Morgan fingerprint density at radius 1 is 1.35 bits per heavy atom. The number of morpholine rings is 1. The molecular formula is C16H25NO3. The molecule has 0 spiro atoms. The Kier molecular flexibility index (Phi) is 5.40. The molecule has 0 saturated carbocycles. The molecule has 1 aromatic carbocycles. The van der Waals surface area contributed by atoms with Crippen molar-refractivity contribution < 1.29 is 14.6 Å². The summed E-state index contributed by atoms with van der Waals surface area (Å²) in [6, 6.07) is 8.58. The van der Waals surface area contributed by atoms with Gasteiger partial charge >= 0.3 is 0 Å². The topological polar surface area (TPSA) is 41.9 Å². The van der Waals surface area contributed by atoms with Crippen molar-refractivity contribution in [3.8, 4) is 5.75 Å². The summed E-state index contributed by atoms with van der Waals surface area (Å²) < 4.78 is 10.9. The first-order valence-electron chi connectivity index (χ1n) is 7.23. The zero-order valence-electron chi connectivity index (χ0n) is 12.6. The number of nitrogens with zero attached hydrogens (tertiary/aromatic N) is 1. The van der Waals surface area contributed by atoms with Crippen molar-refractivity contribution in [1.29, 1.82) is 0 Å². The van der Waals surface area contributed by atoms with Gasteiger partial charge in [0.15, 0.2) is 0 Å². The van der Waals surface area contributed by atoms with Gasteiger partial charge in [0, 0.05) is 19.1 Å². The quantitative estimate of drug-likeness (QED) is 0.894. The number of hydrogen-bond acceptors (Lipinski definition) is 4. The van der Waals surface area contributed by atoms with E-state index in [0.717, 1.165) is 18.8 Å². The Hall–Kier alpha value is -1.10. The molecule has 1 heterocycles. The molecule has 0 radical (unpaired) electrons. The van der Waals surface area contributed by atoms with Gasteiger partial charge in [-0.1, -0.05) is 26.0 Å². The van der Waals surface area contributed by atoms with E-state index in [1.54, 1.807) is 7.11 Å². The van der Waals surface area contributed by atoms with Gasteiger partial charge in [-0.3, -0.25) is 4.90 Å². The number of aliphatic hydroxyl groups is 1. The molecule has 1 aliphatic heterocycles. The highest BCUT2D eigenvalue weighted by Gasteiger charge is 2.30. The van der Waals surface area contributed by atoms with Crippen LogP contribution in [0, 0.1) is 5.92 Å². The standard InChI is InChI=1S/C16H25NO3/c1-12(2)16-11-20-15(10-18)9-17(16)8-13-4-6-14(19-3)7-5-13/h4-7,12,15-16,18H,8-11H2,1-3H3/t15-,16-/m1/s1. The molecule has 4 nitrogen and oxygen atoms in total. The Labute approximate surface area is 121 Å². The second-order valence-corrected chi connectivity index (χ2v) is 5.73. The summed E-state index contributed by atoms with van der Waals surface area (Å²) in [6.45, 7) is 6.88. The maximum Gasteiger partial charge on any atom is 0.118 e. The highest BCUT2D eigenvalue weighted by atomic mass is 16.5. The molecular weight excluding hydrogens is 254 g/mol. The maximum atomic E-state index is 9.30. The predicted molar refractivity (Wildman–Crippen MR) is 78.9 cm³/mol. The van der Waals surface area contributed by atoms with E-state index >= 15 is 0 Å². The third-order valence-corrected chi connectivity index (χ3v) is 3.93. The first kappa shape index (κ1) is 15.3. The van der Waals surface area contributed by atoms with Crippen molar-refractivity contribution >= 4 is 0 Å². The maximum absolute atomic E-state index is 9.30. The van der Waals surface area contributed by atoms with Crippen LogP contribution in [0.15, 0.2) is 24.3 Å². The minimum Gasteiger partial charge on any atom is -0.497 e. The molecule has 112 valence electrons. The molecule has 20 heavy (non-hydrogen) atoms. The zero-order chi connectivity index (χ0) is 14.5. The van der Waals surface area contributed by atoms with Crippen LogP contribution in [0.3, 0.4) is 0 Å². The van der Waals surface area contributed by atoms with Crippen LogP contribution >= 0.6 is 0 Å². The highest BCUT2D eigenvalue weighted by Crippen LogP contribution is 2.22. The van der Waals surface area contributed by atoms with E-state index in [0.29, 0.717) is 18.6 Å². The van der Waals surface area contributed by atoms with E-state index in [1.807, 2.05) is 12.1 Å². The van der Waals surface area contributed by atoms with Gasteiger partial charge in [0.25, 0.3) is 0 Å². The number of hydrogen-bond donors (Lipinski definition) is 1. The fraction of sp³-hybridized carbons (Fsp3) is 0.625. The SMILES string of the molecule is COc1ccc(CN2C[C@H](CO)OC[C@@H]2C(C)C)cc1. The minimum absolute atomic E-state index is 0.0664. The lowest BCUT2D eigenvalue weighted by Gasteiger charge is -2.41. The van der Waals surface area contributed by atoms with Crippen molar-refractivity contribution in [3.05, 3.63) is 29.8 Å². The summed E-state index contributed by atoms with van der Waals surface area (Å²) in [5.74, 6) is 1.41. The Bertz CT molecular complexity index is 405. The van der Waals surface area contributed by atoms with Crippen molar-refractivity contribution in [2.75, 3.05) is 26.9 Å². The van der Waals surface area contributed by atoms with Gasteiger partial charge in [-0.2, -0.15) is 0 Å². The van der Waals surface area contributed by atoms with Gasteiger partial charge < -0.3 is 14.6 Å². The summed E-state index contributed by atoms with van der Waals surface area (Å²) >= 11 is 0. The summed E-state index contributed by atoms with van der Waals surface area (Å²) in [7, 11) is 1.68. The lowest BCUT2D eigenvalue weighted by molar-refractivity contribution is -0.0957. The van der Waals surface area contributed by atoms with Crippen LogP contribution in [0.4, 0.5) is 0 Å². The number of rotatable bonds is 5. The summed E-state index contributed by atoms with van der Waals surface area (Å²) in [5.41, 5.74) is 1.26. The zero-order valence-corrected chi connectivity index (χ0v) is 12.6. The second kappa shape index (κ2) is 7.07. The predicted octanol–water partition coefficient (Wildman–Crippen LogP) is 1.91. The molecule has 0 unspecified atom stereocenters. The molecule has 1 N–H and O–H groups in total. The molecule has 1 aromatic rings. The van der Waals surface area contributed by atoms with Crippen LogP contribution in [0.25, 0.3) is 0 Å². The number of aliphatic hydroxyl groups excluding tert-OH is 1. The van der Waals surface area contributed by atoms with Gasteiger partial charge in [-0.25, -0.2) is 0 Å². The molecule has 0 amide bonds. The van der Waals surface area contributed by atoms with E-state index in [-0.39, 0.29) is 12.7 Å². The summed E-state index contributed by atoms with van der Waals surface area (Å²) in [4.78, 5) is 2.41. The molecule has 0 aromatic heterocycles. The molecule has 0 bridgehead atoms. The van der Waals surface area contributed by atoms with Gasteiger partial charge in [-0.15, -0.1) is 0 Å². The minimum atomic E-state index is -0.0664. The first-order chi connectivity index (χ1) is 9.63. The van der Waals surface area contributed by atoms with Crippen LogP contribution in [0.1, 0.15) is 19.4 Å². The van der Waals surface area contributed by atoms with Gasteiger partial charge in [0.05, 0.1) is 26.4 Å². The van der Waals surface area contributed by atoms with Crippen LogP contribution < -0.4 is 4.74 Å². The lowest BCUT2D eigenvalue weighted by Crippen LogP contribution is -2.52. The third-order valence-electron chi connectivity index (χ3n) is 3.93. The van der Waals surface area contributed by atoms with E-state index in [2.05, 4.69) is 30.9 Å². The van der Waals surface area contributed by atoms with Gasteiger partial charge in [0.2, 0.25) is 0 Å². The second-order valence-electron chi connectivity index (χ2n) is 5.73. The summed E-state index contributed by atoms with van der Waals surface area (Å²) in [6.07, 6.45) is -0.0664. The van der Waals surface area contributed by atoms with Crippen LogP contribution in [0.2, 0.25) is 0 Å². The normalized spacial score (nSPS) is 24.1. The highest BCUT2D eigenvalue weighted by molar-refractivity contribution is 5.27. The molecule has 1 aliphatic rings. The van der Waals surface area contributed by atoms with Crippen LogP contribution in [-0.4, -0.2) is 49.0 Å². The average Bonchev–Trinajstić information content (AvgIpc) is 2.47. The Morgan fingerprint density at radius 2 is 2.05 bits per heavy atom. The van der Waals surface area contributed by atoms with Crippen molar-refractivity contribution in [1.82, 2.24) is 4.90 Å². The number of methoxy groups -OCH3 is 1. The summed E-state index contributed by atoms with van der Waals surface area (Å²) in [5, 5.41) is 9.30. The van der Waals surface area contributed by atoms with Crippen molar-refractivity contribution in [2.24, 2.45) is 5.92 Å². The van der Waals surface area contributed by atoms with Crippen molar-refractivity contribution in [3.63, 3.8) is 0 Å². The molecule has 1 fully saturated rings. The van der Waals surface area contributed by atoms with Crippen LogP contribution in [0.5, 0.6) is 5.75 Å². The fourth-order valence-electron chi connectivity index (χ4n) is 2.66. The van der Waals surface area contributed by atoms with Gasteiger partial charge in [0.1, 0.15) is 5.75 Å². The Morgan fingerprint density at radius 3 is 2.60 bits per heavy atom. The largest absolute Gasteiger partial charge is 0.497 e. The first-order valence-corrected chi connectivity index (χ1v) is 7.23. The van der Waals surface area contributed by atoms with E-state index in [9.17, 15) is 5.11 Å². The average molecular weight is 279 g/mol. The fourth-order valence-corrected chi connectivity index (χ4v) is 2.66. The molecule has 2 atom stereocenters. The lowest BCUT2D eigenvalue weighted by atomic mass is 10.00. The molecule has 4 heteroatoms. The van der Waals surface area contributed by atoms with E-state index in [4.69, 9.17) is 9.47 Å². The number of ether oxygens (including phenoxy) is 2. The molecule has 2 rings (SSSR count). The van der Waals surface area contributed by atoms with E-state index < -0.39 is 0 Å². The van der Waals surface area contributed by atoms with Gasteiger partial charge in [-0.05, 0) is 23.6 Å². The molecule has 1 saturated heterocycles. The molecule has 0 aliphatic carbocycles. The Balaban J connectivity index is 2.05. The smallest absolute Gasteiger partial charge is 0.118 e. The third kappa shape index (κ3) is 3.72. The number of benzene rings is 1.